The van der Waals surface area contributed by atoms with Crippen molar-refractivity contribution in [2.75, 3.05) is 0 Å². The van der Waals surface area contributed by atoms with Gasteiger partial charge in [-0.05, 0) is 54.7 Å². The van der Waals surface area contributed by atoms with Gasteiger partial charge in [0.15, 0.2) is 0 Å². The van der Waals surface area contributed by atoms with Crippen LogP contribution in [0.5, 0.6) is 5.75 Å². The third-order valence-corrected chi connectivity index (χ3v) is 5.31. The molecule has 1 N–H and O–H groups in total. The quantitative estimate of drug-likeness (QED) is 0.555. The molecule has 0 saturated carbocycles. The molecule has 3 rings (SSSR count). The Bertz CT molecular complexity index is 768. The smallest absolute Gasteiger partial charge is 0.118 e. The third-order valence-electron chi connectivity index (χ3n) is 4.16. The average molecular weight is 334 g/mol. The molecule has 1 unspecified atom stereocenters. The number of hydrogen-bond donors (Lipinski definition) is 1. The van der Waals surface area contributed by atoms with E-state index in [0.29, 0.717) is 11.0 Å². The largest absolute Gasteiger partial charge is 0.508 e. The van der Waals surface area contributed by atoms with Crippen LogP contribution in [0.1, 0.15) is 28.9 Å². The first-order chi connectivity index (χ1) is 11.7. The molecular weight excluding hydrogens is 312 g/mol. The molecule has 0 aliphatic heterocycles. The molecule has 2 heteroatoms. The van der Waals surface area contributed by atoms with Gasteiger partial charge in [0.1, 0.15) is 5.75 Å². The summed E-state index contributed by atoms with van der Waals surface area (Å²) in [7, 11) is 0. The highest BCUT2D eigenvalue weighted by molar-refractivity contribution is 7.99. The zero-order valence-corrected chi connectivity index (χ0v) is 14.7. The Labute approximate surface area is 148 Å². The Balaban J connectivity index is 1.69. The number of phenols is 1. The fraction of sp³-hybridized carbons (Fsp3) is 0.182. The van der Waals surface area contributed by atoms with Gasteiger partial charge in [0.2, 0.25) is 0 Å². The molecule has 24 heavy (non-hydrogen) atoms. The summed E-state index contributed by atoms with van der Waals surface area (Å²) in [5.41, 5.74) is 3.64. The van der Waals surface area contributed by atoms with Crippen LogP contribution < -0.4 is 0 Å². The van der Waals surface area contributed by atoms with Gasteiger partial charge in [-0.25, -0.2) is 0 Å². The van der Waals surface area contributed by atoms with E-state index in [1.807, 2.05) is 36.0 Å². The first kappa shape index (κ1) is 16.7. The summed E-state index contributed by atoms with van der Waals surface area (Å²) in [6.45, 7) is 2.22. The zero-order valence-electron chi connectivity index (χ0n) is 13.9. The number of thioether (sulfide) groups is 1. The summed E-state index contributed by atoms with van der Waals surface area (Å²) < 4.78 is 0. The summed E-state index contributed by atoms with van der Waals surface area (Å²) in [4.78, 5) is 1.20. The third kappa shape index (κ3) is 4.42. The van der Waals surface area contributed by atoms with Crippen LogP contribution in [0.15, 0.2) is 83.8 Å². The van der Waals surface area contributed by atoms with Gasteiger partial charge >= 0.3 is 0 Å². The van der Waals surface area contributed by atoms with E-state index in [-0.39, 0.29) is 0 Å². The maximum atomic E-state index is 10.2. The monoisotopic (exact) mass is 334 g/mol. The predicted octanol–water partition coefficient (Wildman–Crippen LogP) is 6.03. The minimum Gasteiger partial charge on any atom is -0.508 e. The van der Waals surface area contributed by atoms with Gasteiger partial charge in [-0.15, -0.1) is 11.8 Å². The van der Waals surface area contributed by atoms with Gasteiger partial charge in [-0.3, -0.25) is 0 Å². The highest BCUT2D eigenvalue weighted by atomic mass is 32.2. The van der Waals surface area contributed by atoms with Gasteiger partial charge in [0.25, 0.3) is 0 Å². The van der Waals surface area contributed by atoms with Crippen LogP contribution in [0.3, 0.4) is 0 Å². The lowest BCUT2D eigenvalue weighted by molar-refractivity contribution is 0.467. The van der Waals surface area contributed by atoms with Crippen LogP contribution >= 0.6 is 11.8 Å². The van der Waals surface area contributed by atoms with Crippen molar-refractivity contribution < 1.29 is 5.11 Å². The first-order valence-electron chi connectivity index (χ1n) is 8.30. The molecule has 0 aromatic heterocycles. The normalized spacial score (nSPS) is 12.0. The van der Waals surface area contributed by atoms with Gasteiger partial charge in [-0.2, -0.15) is 0 Å². The van der Waals surface area contributed by atoms with Gasteiger partial charge in [-0.1, -0.05) is 60.7 Å². The fourth-order valence-corrected chi connectivity index (χ4v) is 3.81. The van der Waals surface area contributed by atoms with Crippen LogP contribution in [-0.4, -0.2) is 5.11 Å². The summed E-state index contributed by atoms with van der Waals surface area (Å²) in [5, 5.41) is 10.5. The molecule has 0 saturated heterocycles. The minimum absolute atomic E-state index is 0.387. The predicted molar refractivity (Wildman–Crippen MR) is 103 cm³/mol. The van der Waals surface area contributed by atoms with E-state index in [2.05, 4.69) is 61.5 Å². The molecule has 0 radical (unpaired) electrons. The van der Waals surface area contributed by atoms with E-state index in [1.54, 1.807) is 0 Å². The average Bonchev–Trinajstić information content (AvgIpc) is 2.63. The van der Waals surface area contributed by atoms with E-state index in [4.69, 9.17) is 0 Å². The topological polar surface area (TPSA) is 20.2 Å². The summed E-state index contributed by atoms with van der Waals surface area (Å²) in [6.07, 6.45) is 1.79. The van der Waals surface area contributed by atoms with Crippen molar-refractivity contribution in [2.24, 2.45) is 0 Å². The number of benzene rings is 3. The SMILES string of the molecule is CC(Sc1ccc(O)c(CCc2ccccc2)c1)c1ccccc1. The van der Waals surface area contributed by atoms with Crippen LogP contribution in [0.25, 0.3) is 0 Å². The number of aromatic hydroxyl groups is 1. The molecule has 3 aromatic rings. The lowest BCUT2D eigenvalue weighted by Gasteiger charge is -2.13. The molecule has 0 fully saturated rings. The molecule has 0 aliphatic rings. The highest BCUT2D eigenvalue weighted by Gasteiger charge is 2.09. The zero-order chi connectivity index (χ0) is 16.8. The lowest BCUT2D eigenvalue weighted by atomic mass is 10.0. The van der Waals surface area contributed by atoms with Crippen molar-refractivity contribution in [1.29, 1.82) is 0 Å². The van der Waals surface area contributed by atoms with Crippen LogP contribution in [0.4, 0.5) is 0 Å². The van der Waals surface area contributed by atoms with Crippen molar-refractivity contribution in [2.45, 2.75) is 29.9 Å². The summed E-state index contributed by atoms with van der Waals surface area (Å²) in [5.74, 6) is 0.391. The van der Waals surface area contributed by atoms with Crippen molar-refractivity contribution in [3.8, 4) is 5.75 Å². The molecular formula is C22H22OS. The van der Waals surface area contributed by atoms with E-state index in [9.17, 15) is 5.11 Å². The summed E-state index contributed by atoms with van der Waals surface area (Å²) in [6, 6.07) is 26.9. The molecule has 0 aliphatic carbocycles. The Morgan fingerprint density at radius 2 is 1.50 bits per heavy atom. The number of phenolic OH excluding ortho intramolecular Hbond substituents is 1. The van der Waals surface area contributed by atoms with E-state index in [0.717, 1.165) is 18.4 Å². The molecule has 122 valence electrons. The molecule has 0 amide bonds. The van der Waals surface area contributed by atoms with Gasteiger partial charge in [0.05, 0.1) is 0 Å². The van der Waals surface area contributed by atoms with Crippen LogP contribution in [0, 0.1) is 0 Å². The Hall–Kier alpha value is -2.19. The maximum absolute atomic E-state index is 10.2. The second-order valence-electron chi connectivity index (χ2n) is 5.95. The van der Waals surface area contributed by atoms with Crippen molar-refractivity contribution in [1.82, 2.24) is 0 Å². The Kier molecular flexibility index (Phi) is 5.60. The molecule has 3 aromatic carbocycles. The van der Waals surface area contributed by atoms with E-state index in [1.165, 1.54) is 16.0 Å². The molecule has 0 spiro atoms. The minimum atomic E-state index is 0.387. The molecule has 1 nitrogen and oxygen atoms in total. The highest BCUT2D eigenvalue weighted by Crippen LogP contribution is 2.36. The van der Waals surface area contributed by atoms with Crippen molar-refractivity contribution in [3.63, 3.8) is 0 Å². The number of hydrogen-bond acceptors (Lipinski definition) is 2. The Morgan fingerprint density at radius 1 is 0.833 bits per heavy atom. The van der Waals surface area contributed by atoms with Gasteiger partial charge in [0, 0.05) is 10.1 Å². The van der Waals surface area contributed by atoms with E-state index >= 15 is 0 Å². The molecule has 0 bridgehead atoms. The van der Waals surface area contributed by atoms with Crippen LogP contribution in [0.2, 0.25) is 0 Å². The molecule has 0 heterocycles. The van der Waals surface area contributed by atoms with Gasteiger partial charge < -0.3 is 5.11 Å². The van der Waals surface area contributed by atoms with Crippen molar-refractivity contribution in [3.05, 3.63) is 95.6 Å². The maximum Gasteiger partial charge on any atom is 0.118 e. The van der Waals surface area contributed by atoms with Crippen molar-refractivity contribution >= 4 is 11.8 Å². The summed E-state index contributed by atoms with van der Waals surface area (Å²) >= 11 is 1.83. The fourth-order valence-electron chi connectivity index (χ4n) is 2.76. The first-order valence-corrected chi connectivity index (χ1v) is 9.18. The molecule has 1 atom stereocenters. The standard InChI is InChI=1S/C22H22OS/c1-17(19-10-6-3-7-11-19)24-21-14-15-22(23)20(16-21)13-12-18-8-4-2-5-9-18/h2-11,14-17,23H,12-13H2,1H3. The number of aryl methyl sites for hydroxylation is 2. The lowest BCUT2D eigenvalue weighted by Crippen LogP contribution is -1.93. The number of rotatable bonds is 6. The second-order valence-corrected chi connectivity index (χ2v) is 7.36. The van der Waals surface area contributed by atoms with Crippen LogP contribution in [-0.2, 0) is 12.8 Å². The second kappa shape index (κ2) is 8.07. The van der Waals surface area contributed by atoms with E-state index < -0.39 is 0 Å². The Morgan fingerprint density at radius 3 is 2.21 bits per heavy atom.